The monoisotopic (exact) mass is 458 g/mol. The highest BCUT2D eigenvalue weighted by atomic mass is 32.1. The second-order valence-corrected chi connectivity index (χ2v) is 10.2. The van der Waals surface area contributed by atoms with E-state index in [1.807, 2.05) is 41.8 Å². The Morgan fingerprint density at radius 1 is 1.18 bits per heavy atom. The number of ketones is 1. The summed E-state index contributed by atoms with van der Waals surface area (Å²) in [6.07, 6.45) is 2.78. The maximum absolute atomic E-state index is 13.5. The molecule has 166 valence electrons. The summed E-state index contributed by atoms with van der Waals surface area (Å²) in [5.41, 5.74) is 2.92. The van der Waals surface area contributed by atoms with Crippen molar-refractivity contribution in [2.45, 2.75) is 32.6 Å². The summed E-state index contributed by atoms with van der Waals surface area (Å²) < 4.78 is 13.3. The van der Waals surface area contributed by atoms with Gasteiger partial charge >= 0.3 is 0 Å². The number of carbonyl (C=O) groups is 1. The van der Waals surface area contributed by atoms with Crippen LogP contribution in [0.2, 0.25) is 0 Å². The zero-order chi connectivity index (χ0) is 22.7. The standard InChI is InChI=1S/C25H22N4O3S/c1-25(2)11-16(30)20-17(12-25)32-24-21(19(20)14-6-8-15(31-3)9-7-14)23-27-22(18-5-4-10-33-18)28-29(23)13-26-24/h4-10,13,19H,11-12H2,1-3H3/t19-/m1/s1. The molecule has 1 atom stereocenters. The number of benzene rings is 1. The number of carbonyl (C=O) groups excluding carboxylic acids is 1. The van der Waals surface area contributed by atoms with Crippen LogP contribution >= 0.6 is 11.3 Å². The Labute approximate surface area is 194 Å². The van der Waals surface area contributed by atoms with Gasteiger partial charge in [0.1, 0.15) is 17.8 Å². The van der Waals surface area contributed by atoms with Crippen LogP contribution in [-0.2, 0) is 4.79 Å². The zero-order valence-electron chi connectivity index (χ0n) is 18.5. The molecular weight excluding hydrogens is 436 g/mol. The molecule has 0 saturated heterocycles. The van der Waals surface area contributed by atoms with E-state index in [4.69, 9.17) is 14.5 Å². The van der Waals surface area contributed by atoms with E-state index in [0.29, 0.717) is 41.5 Å². The average Bonchev–Trinajstić information content (AvgIpc) is 3.46. The Kier molecular flexibility index (Phi) is 4.42. The summed E-state index contributed by atoms with van der Waals surface area (Å²) in [6.45, 7) is 4.19. The molecule has 0 N–H and O–H groups in total. The normalized spacial score (nSPS) is 19.2. The number of fused-ring (bicyclic) bond motifs is 3. The lowest BCUT2D eigenvalue weighted by atomic mass is 9.70. The minimum atomic E-state index is -0.338. The highest BCUT2D eigenvalue weighted by Gasteiger charge is 2.44. The molecule has 4 heterocycles. The number of thiophene rings is 1. The third-order valence-electron chi connectivity index (χ3n) is 6.25. The third kappa shape index (κ3) is 3.24. The van der Waals surface area contributed by atoms with Gasteiger partial charge in [-0.05, 0) is 34.6 Å². The van der Waals surface area contributed by atoms with Crippen molar-refractivity contribution in [1.82, 2.24) is 19.6 Å². The van der Waals surface area contributed by atoms with Crippen LogP contribution in [0, 0.1) is 5.41 Å². The van der Waals surface area contributed by atoms with Gasteiger partial charge in [-0.15, -0.1) is 16.4 Å². The van der Waals surface area contributed by atoms with E-state index in [-0.39, 0.29) is 17.1 Å². The number of rotatable bonds is 3. The van der Waals surface area contributed by atoms with Gasteiger partial charge in [0.15, 0.2) is 17.3 Å². The lowest BCUT2D eigenvalue weighted by Crippen LogP contribution is -2.33. The molecule has 0 bridgehead atoms. The van der Waals surface area contributed by atoms with Crippen molar-refractivity contribution in [3.05, 3.63) is 70.6 Å². The van der Waals surface area contributed by atoms with Gasteiger partial charge in [0.05, 0.1) is 17.6 Å². The van der Waals surface area contributed by atoms with Crippen LogP contribution in [0.25, 0.3) is 16.3 Å². The predicted octanol–water partition coefficient (Wildman–Crippen LogP) is 5.03. The largest absolute Gasteiger partial charge is 0.497 e. The lowest BCUT2D eigenvalue weighted by molar-refractivity contribution is -0.118. The molecule has 1 aromatic carbocycles. The van der Waals surface area contributed by atoms with Crippen molar-refractivity contribution in [2.75, 3.05) is 7.11 Å². The van der Waals surface area contributed by atoms with Crippen LogP contribution in [0.1, 0.15) is 43.7 Å². The van der Waals surface area contributed by atoms with E-state index >= 15 is 0 Å². The summed E-state index contributed by atoms with van der Waals surface area (Å²) in [5.74, 6) is 2.35. The molecule has 4 aromatic rings. The summed E-state index contributed by atoms with van der Waals surface area (Å²) in [6, 6.07) is 11.8. The van der Waals surface area contributed by atoms with Gasteiger partial charge < -0.3 is 9.47 Å². The highest BCUT2D eigenvalue weighted by molar-refractivity contribution is 7.13. The summed E-state index contributed by atoms with van der Waals surface area (Å²) in [5, 5.41) is 6.64. The summed E-state index contributed by atoms with van der Waals surface area (Å²) in [7, 11) is 1.64. The predicted molar refractivity (Wildman–Crippen MR) is 125 cm³/mol. The molecule has 0 fully saturated rings. The molecule has 33 heavy (non-hydrogen) atoms. The van der Waals surface area contributed by atoms with E-state index < -0.39 is 0 Å². The summed E-state index contributed by atoms with van der Waals surface area (Å²) >= 11 is 1.58. The van der Waals surface area contributed by atoms with Gasteiger partial charge in [0.25, 0.3) is 0 Å². The van der Waals surface area contributed by atoms with Crippen molar-refractivity contribution < 1.29 is 14.3 Å². The Morgan fingerprint density at radius 3 is 2.73 bits per heavy atom. The first-order valence-corrected chi connectivity index (χ1v) is 11.7. The quantitative estimate of drug-likeness (QED) is 0.429. The molecule has 0 saturated carbocycles. The molecular formula is C25H22N4O3S. The van der Waals surface area contributed by atoms with E-state index in [1.165, 1.54) is 0 Å². The minimum Gasteiger partial charge on any atom is -0.497 e. The van der Waals surface area contributed by atoms with Gasteiger partial charge in [-0.2, -0.15) is 0 Å². The second-order valence-electron chi connectivity index (χ2n) is 9.23. The molecule has 6 rings (SSSR count). The van der Waals surface area contributed by atoms with Crippen molar-refractivity contribution in [1.29, 1.82) is 0 Å². The maximum Gasteiger partial charge on any atom is 0.228 e. The first kappa shape index (κ1) is 20.1. The van der Waals surface area contributed by atoms with Crippen LogP contribution in [-0.4, -0.2) is 32.5 Å². The Balaban J connectivity index is 1.60. The number of hydrogen-bond acceptors (Lipinski definition) is 7. The fourth-order valence-electron chi connectivity index (χ4n) is 4.79. The molecule has 0 amide bonds. The fraction of sp³-hybridized carbons (Fsp3) is 0.280. The number of methoxy groups -OCH3 is 1. The number of ether oxygens (including phenoxy) is 2. The van der Waals surface area contributed by atoms with Crippen molar-refractivity contribution >= 4 is 22.8 Å². The van der Waals surface area contributed by atoms with Crippen molar-refractivity contribution in [2.24, 2.45) is 5.41 Å². The van der Waals surface area contributed by atoms with Gasteiger partial charge in [-0.3, -0.25) is 4.79 Å². The maximum atomic E-state index is 13.5. The smallest absolute Gasteiger partial charge is 0.228 e. The van der Waals surface area contributed by atoms with Crippen LogP contribution in [0.3, 0.4) is 0 Å². The zero-order valence-corrected chi connectivity index (χ0v) is 19.3. The first-order chi connectivity index (χ1) is 15.9. The van der Waals surface area contributed by atoms with Gasteiger partial charge in [0.2, 0.25) is 5.88 Å². The first-order valence-electron chi connectivity index (χ1n) is 10.8. The Hall–Kier alpha value is -3.52. The molecule has 0 unspecified atom stereocenters. The molecule has 1 aliphatic heterocycles. The number of nitrogens with zero attached hydrogens (tertiary/aromatic N) is 4. The Bertz CT molecular complexity index is 1420. The second kappa shape index (κ2) is 7.25. The molecule has 3 aromatic heterocycles. The van der Waals surface area contributed by atoms with Crippen LogP contribution in [0.5, 0.6) is 11.6 Å². The lowest BCUT2D eigenvalue weighted by Gasteiger charge is -2.37. The average molecular weight is 459 g/mol. The van der Waals surface area contributed by atoms with Crippen LogP contribution < -0.4 is 9.47 Å². The molecule has 8 heteroatoms. The summed E-state index contributed by atoms with van der Waals surface area (Å²) in [4.78, 5) is 23.9. The van der Waals surface area contributed by atoms with Gasteiger partial charge in [-0.25, -0.2) is 14.5 Å². The SMILES string of the molecule is COc1ccc([C@@H]2C3=C(CC(C)(C)CC3=O)Oc3ncn4nc(-c5cccs5)nc4c32)cc1. The third-order valence-corrected chi connectivity index (χ3v) is 7.12. The van der Waals surface area contributed by atoms with Crippen LogP contribution in [0.15, 0.2) is 59.4 Å². The topological polar surface area (TPSA) is 78.6 Å². The molecule has 1 aliphatic carbocycles. The van der Waals surface area contributed by atoms with Crippen LogP contribution in [0.4, 0.5) is 0 Å². The number of aromatic nitrogens is 4. The van der Waals surface area contributed by atoms with E-state index in [2.05, 4.69) is 23.9 Å². The number of Topliss-reactive ketones (excluding diaryl/α,β-unsaturated/α-hetero) is 1. The van der Waals surface area contributed by atoms with Gasteiger partial charge in [0, 0.05) is 24.3 Å². The van der Waals surface area contributed by atoms with E-state index in [9.17, 15) is 4.79 Å². The Morgan fingerprint density at radius 2 is 2.00 bits per heavy atom. The molecule has 0 radical (unpaired) electrons. The van der Waals surface area contributed by atoms with E-state index in [1.54, 1.807) is 29.3 Å². The molecule has 2 aliphatic rings. The fourth-order valence-corrected chi connectivity index (χ4v) is 5.44. The minimum absolute atomic E-state index is 0.104. The van der Waals surface area contributed by atoms with Gasteiger partial charge in [-0.1, -0.05) is 32.0 Å². The molecule has 0 spiro atoms. The highest BCUT2D eigenvalue weighted by Crippen LogP contribution is 2.50. The van der Waals surface area contributed by atoms with E-state index in [0.717, 1.165) is 21.8 Å². The number of hydrogen-bond donors (Lipinski definition) is 0. The van der Waals surface area contributed by atoms with Crippen molar-refractivity contribution in [3.8, 4) is 22.3 Å². The van der Waals surface area contributed by atoms with Crippen molar-refractivity contribution in [3.63, 3.8) is 0 Å². The molecule has 7 nitrogen and oxygen atoms in total. The number of allylic oxidation sites excluding steroid dienone is 2.